The zero-order valence-electron chi connectivity index (χ0n) is 26.3. The van der Waals surface area contributed by atoms with E-state index in [4.69, 9.17) is 9.31 Å². The summed E-state index contributed by atoms with van der Waals surface area (Å²) in [5.41, 5.74) is 9.81. The van der Waals surface area contributed by atoms with E-state index in [9.17, 15) is 0 Å². The van der Waals surface area contributed by atoms with Crippen molar-refractivity contribution >= 4 is 34.4 Å². The largest absolute Gasteiger partial charge is 0.494 e. The van der Waals surface area contributed by atoms with E-state index < -0.39 is 0 Å². The molecule has 2 heterocycles. The van der Waals surface area contributed by atoms with Gasteiger partial charge in [-0.25, -0.2) is 0 Å². The van der Waals surface area contributed by atoms with Gasteiger partial charge in [0.15, 0.2) is 0 Å². The van der Waals surface area contributed by atoms with E-state index in [0.717, 1.165) is 5.46 Å². The van der Waals surface area contributed by atoms with Crippen molar-refractivity contribution in [2.24, 2.45) is 0 Å². The maximum atomic E-state index is 6.42. The van der Waals surface area contributed by atoms with Crippen LogP contribution in [0.2, 0.25) is 0 Å². The lowest BCUT2D eigenvalue weighted by Gasteiger charge is -2.43. The van der Waals surface area contributed by atoms with Crippen molar-refractivity contribution in [1.29, 1.82) is 0 Å². The fourth-order valence-corrected chi connectivity index (χ4v) is 7.18. The van der Waals surface area contributed by atoms with Gasteiger partial charge in [-0.05, 0) is 103 Å². The molecule has 1 aliphatic carbocycles. The van der Waals surface area contributed by atoms with Crippen LogP contribution in [0.5, 0.6) is 0 Å². The Balaban J connectivity index is 1.39. The minimum absolute atomic E-state index is 0.133. The number of hydrogen-bond donors (Lipinski definition) is 0. The topological polar surface area (TPSA) is 23.4 Å². The van der Waals surface area contributed by atoms with E-state index in [-0.39, 0.29) is 29.2 Å². The molecule has 42 heavy (non-hydrogen) atoms. The number of aromatic nitrogens is 1. The molecule has 0 bridgehead atoms. The summed E-state index contributed by atoms with van der Waals surface area (Å²) >= 11 is 0. The Hall–Kier alpha value is -3.34. The average Bonchev–Trinajstić information content (AvgIpc) is 3.40. The zero-order valence-corrected chi connectivity index (χ0v) is 26.3. The smallest absolute Gasteiger partial charge is 0.399 e. The summed E-state index contributed by atoms with van der Waals surface area (Å²) in [7, 11) is -0.387. The molecule has 5 aromatic rings. The first-order chi connectivity index (χ1) is 19.8. The number of nitrogens with zero attached hydrogens (tertiary/aromatic N) is 1. The van der Waals surface area contributed by atoms with Gasteiger partial charge < -0.3 is 13.9 Å². The third kappa shape index (κ3) is 4.10. The maximum Gasteiger partial charge on any atom is 0.494 e. The Morgan fingerprint density at radius 2 is 1.29 bits per heavy atom. The highest BCUT2D eigenvalue weighted by Gasteiger charge is 2.51. The molecule has 214 valence electrons. The van der Waals surface area contributed by atoms with Crippen molar-refractivity contribution in [3.05, 3.63) is 96.1 Å². The summed E-state index contributed by atoms with van der Waals surface area (Å²) in [4.78, 5) is 0. The third-order valence-electron chi connectivity index (χ3n) is 10.5. The Bertz CT molecular complexity index is 1840. The molecular formula is C38H42BNO2. The van der Waals surface area contributed by atoms with E-state index in [0.29, 0.717) is 0 Å². The molecule has 1 aliphatic heterocycles. The van der Waals surface area contributed by atoms with Crippen molar-refractivity contribution < 1.29 is 9.31 Å². The highest BCUT2D eigenvalue weighted by atomic mass is 16.7. The molecule has 0 atom stereocenters. The van der Waals surface area contributed by atoms with Gasteiger partial charge in [-0.15, -0.1) is 0 Å². The molecule has 0 N–H and O–H groups in total. The van der Waals surface area contributed by atoms with Crippen LogP contribution < -0.4 is 5.46 Å². The molecule has 1 fully saturated rings. The second kappa shape index (κ2) is 9.08. The van der Waals surface area contributed by atoms with E-state index in [1.807, 2.05) is 0 Å². The summed E-state index contributed by atoms with van der Waals surface area (Å²) in [5.74, 6) is 0. The normalized spacial score (nSPS) is 20.2. The van der Waals surface area contributed by atoms with Gasteiger partial charge in [0.2, 0.25) is 0 Å². The lowest BCUT2D eigenvalue weighted by Crippen LogP contribution is -2.41. The number of hydrogen-bond acceptors (Lipinski definition) is 2. The van der Waals surface area contributed by atoms with Crippen LogP contribution in [-0.2, 0) is 20.1 Å². The van der Waals surface area contributed by atoms with Crippen LogP contribution in [0.3, 0.4) is 0 Å². The molecule has 0 saturated carbocycles. The fourth-order valence-electron chi connectivity index (χ4n) is 7.18. The average molecular weight is 556 g/mol. The SMILES string of the molecule is CC1(C)CCC(C)(C)c2c(-c3cccc(-n4c5ccccc5c5cc(B6OC(C)(C)C(C)(C)O6)ccc54)c3)cccc21. The highest BCUT2D eigenvalue weighted by molar-refractivity contribution is 6.62. The van der Waals surface area contributed by atoms with Crippen LogP contribution in [0.15, 0.2) is 84.9 Å². The number of fused-ring (bicyclic) bond motifs is 4. The van der Waals surface area contributed by atoms with Gasteiger partial charge in [0.05, 0.1) is 22.2 Å². The van der Waals surface area contributed by atoms with Gasteiger partial charge in [-0.1, -0.05) is 88.4 Å². The monoisotopic (exact) mass is 555 g/mol. The Kier molecular flexibility index (Phi) is 5.95. The van der Waals surface area contributed by atoms with Crippen LogP contribution in [0, 0.1) is 0 Å². The van der Waals surface area contributed by atoms with E-state index in [1.165, 1.54) is 62.6 Å². The van der Waals surface area contributed by atoms with Crippen LogP contribution in [0.25, 0.3) is 38.6 Å². The van der Waals surface area contributed by atoms with E-state index in [1.54, 1.807) is 0 Å². The quantitative estimate of drug-likeness (QED) is 0.207. The van der Waals surface area contributed by atoms with Crippen molar-refractivity contribution in [3.8, 4) is 16.8 Å². The van der Waals surface area contributed by atoms with Gasteiger partial charge >= 0.3 is 7.12 Å². The van der Waals surface area contributed by atoms with Crippen molar-refractivity contribution in [3.63, 3.8) is 0 Å². The zero-order chi connectivity index (χ0) is 29.7. The lowest BCUT2D eigenvalue weighted by atomic mass is 9.61. The fraction of sp³-hybridized carbons (Fsp3) is 0.368. The predicted molar refractivity (Wildman–Crippen MR) is 177 cm³/mol. The first-order valence-corrected chi connectivity index (χ1v) is 15.4. The van der Waals surface area contributed by atoms with Gasteiger partial charge in [0.25, 0.3) is 0 Å². The van der Waals surface area contributed by atoms with Crippen LogP contribution >= 0.6 is 0 Å². The Morgan fingerprint density at radius 3 is 2.05 bits per heavy atom. The molecule has 0 spiro atoms. The van der Waals surface area contributed by atoms with E-state index in [2.05, 4.69) is 145 Å². The second-order valence-electron chi connectivity index (χ2n) is 14.8. The number of para-hydroxylation sites is 1. The van der Waals surface area contributed by atoms with E-state index >= 15 is 0 Å². The van der Waals surface area contributed by atoms with Crippen molar-refractivity contribution in [2.45, 2.75) is 90.3 Å². The summed E-state index contributed by atoms with van der Waals surface area (Å²) < 4.78 is 15.2. The Labute approximate surface area is 251 Å². The molecular weight excluding hydrogens is 513 g/mol. The minimum atomic E-state index is -0.387. The number of rotatable bonds is 3. The first-order valence-electron chi connectivity index (χ1n) is 15.4. The van der Waals surface area contributed by atoms with Crippen molar-refractivity contribution in [2.75, 3.05) is 0 Å². The summed E-state index contributed by atoms with van der Waals surface area (Å²) in [6.45, 7) is 18.1. The first kappa shape index (κ1) is 27.5. The van der Waals surface area contributed by atoms with Gasteiger partial charge in [-0.2, -0.15) is 0 Å². The summed E-state index contributed by atoms with van der Waals surface area (Å²) in [6.07, 6.45) is 2.41. The van der Waals surface area contributed by atoms with Gasteiger partial charge in [0, 0.05) is 16.5 Å². The molecule has 7 rings (SSSR count). The summed E-state index contributed by atoms with van der Waals surface area (Å²) in [6, 6.07) is 31.4. The molecule has 1 saturated heterocycles. The summed E-state index contributed by atoms with van der Waals surface area (Å²) in [5, 5.41) is 2.44. The molecule has 2 aliphatic rings. The molecule has 4 heteroatoms. The lowest BCUT2D eigenvalue weighted by molar-refractivity contribution is 0.00578. The molecule has 0 unspecified atom stereocenters. The third-order valence-corrected chi connectivity index (χ3v) is 10.5. The van der Waals surface area contributed by atoms with Crippen molar-refractivity contribution in [1.82, 2.24) is 4.57 Å². The van der Waals surface area contributed by atoms with Crippen LogP contribution in [-0.4, -0.2) is 22.9 Å². The van der Waals surface area contributed by atoms with Gasteiger partial charge in [-0.3, -0.25) is 0 Å². The molecule has 4 aromatic carbocycles. The highest BCUT2D eigenvalue weighted by Crippen LogP contribution is 2.49. The minimum Gasteiger partial charge on any atom is -0.399 e. The molecule has 1 aromatic heterocycles. The standard InChI is InChI=1S/C38H42BNO2/c1-35(2)21-22-36(3,4)34-28(16-12-17-31(34)35)25-13-11-14-27(23-25)40-32-18-10-9-15-29(32)30-24-26(19-20-33(30)40)39-41-37(5,6)38(7,8)42-39/h9-20,23-24H,21-22H2,1-8H3. The second-order valence-corrected chi connectivity index (χ2v) is 14.8. The van der Waals surface area contributed by atoms with Gasteiger partial charge in [0.1, 0.15) is 0 Å². The predicted octanol–water partition coefficient (Wildman–Crippen LogP) is 9.10. The molecule has 0 amide bonds. The molecule has 0 radical (unpaired) electrons. The Morgan fingerprint density at radius 1 is 0.619 bits per heavy atom. The number of benzene rings is 4. The molecule has 3 nitrogen and oxygen atoms in total. The maximum absolute atomic E-state index is 6.42. The van der Waals surface area contributed by atoms with Crippen LogP contribution in [0.1, 0.15) is 79.4 Å². The van der Waals surface area contributed by atoms with Crippen LogP contribution in [0.4, 0.5) is 0 Å².